The number of methoxy groups -OCH3 is 2. The van der Waals surface area contributed by atoms with Crippen molar-refractivity contribution < 1.29 is 14.3 Å². The number of aromatic amines is 1. The maximum absolute atomic E-state index is 12.7. The molecule has 2 aromatic rings. The highest BCUT2D eigenvalue weighted by Gasteiger charge is 2.40. The van der Waals surface area contributed by atoms with E-state index in [1.54, 1.807) is 14.2 Å². The molecular weight excluding hydrogens is 280 g/mol. The Balaban J connectivity index is 1.92. The summed E-state index contributed by atoms with van der Waals surface area (Å²) in [6.45, 7) is 0.862. The first-order chi connectivity index (χ1) is 10.7. The molecule has 1 unspecified atom stereocenters. The first-order valence-corrected chi connectivity index (χ1v) is 7.83. The van der Waals surface area contributed by atoms with Gasteiger partial charge in [-0.15, -0.1) is 0 Å². The SMILES string of the molecule is COc1cc2[nH]c3c(c2cc1OC)C1CCCCCN1C3=O. The lowest BCUT2D eigenvalue weighted by atomic mass is 10.0. The van der Waals surface area contributed by atoms with E-state index in [4.69, 9.17) is 9.47 Å². The van der Waals surface area contributed by atoms with Crippen LogP contribution in [-0.4, -0.2) is 36.6 Å². The fraction of sp³-hybridized carbons (Fsp3) is 0.471. The number of nitrogens with one attached hydrogen (secondary N) is 1. The molecule has 0 spiro atoms. The number of carbonyl (C=O) groups is 1. The van der Waals surface area contributed by atoms with Crippen molar-refractivity contribution in [1.29, 1.82) is 0 Å². The molecule has 1 N–H and O–H groups in total. The van der Waals surface area contributed by atoms with Gasteiger partial charge in [0.25, 0.3) is 5.91 Å². The average Bonchev–Trinajstić information content (AvgIpc) is 2.89. The second-order valence-electron chi connectivity index (χ2n) is 6.03. The summed E-state index contributed by atoms with van der Waals surface area (Å²) in [6.07, 6.45) is 4.52. The first-order valence-electron chi connectivity index (χ1n) is 7.83. The van der Waals surface area contributed by atoms with Crippen molar-refractivity contribution in [2.45, 2.75) is 31.7 Å². The van der Waals surface area contributed by atoms with E-state index in [-0.39, 0.29) is 11.9 Å². The minimum absolute atomic E-state index is 0.135. The van der Waals surface area contributed by atoms with Crippen LogP contribution in [0.2, 0.25) is 0 Å². The van der Waals surface area contributed by atoms with Crippen molar-refractivity contribution in [2.75, 3.05) is 20.8 Å². The molecule has 0 aliphatic carbocycles. The molecule has 1 amide bonds. The van der Waals surface area contributed by atoms with Gasteiger partial charge in [-0.25, -0.2) is 0 Å². The van der Waals surface area contributed by atoms with Crippen molar-refractivity contribution in [3.05, 3.63) is 23.4 Å². The second-order valence-corrected chi connectivity index (χ2v) is 6.03. The minimum Gasteiger partial charge on any atom is -0.493 e. The number of aromatic nitrogens is 1. The van der Waals surface area contributed by atoms with Gasteiger partial charge >= 0.3 is 0 Å². The van der Waals surface area contributed by atoms with Gasteiger partial charge < -0.3 is 19.4 Å². The van der Waals surface area contributed by atoms with Gasteiger partial charge in [-0.05, 0) is 18.9 Å². The number of carbonyl (C=O) groups excluding carboxylic acids is 1. The molecule has 0 radical (unpaired) electrons. The second kappa shape index (κ2) is 4.93. The summed E-state index contributed by atoms with van der Waals surface area (Å²) in [6, 6.07) is 4.11. The third-order valence-corrected chi connectivity index (χ3v) is 4.90. The van der Waals surface area contributed by atoms with E-state index in [9.17, 15) is 4.79 Å². The Hall–Kier alpha value is -2.17. The normalized spacial score (nSPS) is 20.7. The highest BCUT2D eigenvalue weighted by atomic mass is 16.5. The fourth-order valence-electron chi connectivity index (χ4n) is 3.85. The summed E-state index contributed by atoms with van der Waals surface area (Å²) >= 11 is 0. The predicted octanol–water partition coefficient (Wildman–Crippen LogP) is 3.26. The molecule has 3 heterocycles. The van der Waals surface area contributed by atoms with Crippen LogP contribution in [0.5, 0.6) is 11.5 Å². The van der Waals surface area contributed by atoms with Crippen molar-refractivity contribution in [3.8, 4) is 11.5 Å². The number of H-pyrrole nitrogens is 1. The van der Waals surface area contributed by atoms with Gasteiger partial charge in [0.05, 0.1) is 25.8 Å². The molecule has 2 aliphatic heterocycles. The van der Waals surface area contributed by atoms with Crippen LogP contribution in [0.3, 0.4) is 0 Å². The zero-order valence-corrected chi connectivity index (χ0v) is 12.9. The first kappa shape index (κ1) is 13.5. The van der Waals surface area contributed by atoms with Crippen LogP contribution in [0, 0.1) is 0 Å². The predicted molar refractivity (Wildman–Crippen MR) is 83.6 cm³/mol. The Kier molecular flexibility index (Phi) is 3.03. The standard InChI is InChI=1S/C17H20N2O3/c1-21-13-8-10-11(9-14(13)22-2)18-16-15(10)12-6-4-3-5-7-19(12)17(16)20/h8-9,12,18H,3-7H2,1-2H3. The van der Waals surface area contributed by atoms with Crippen molar-refractivity contribution in [1.82, 2.24) is 9.88 Å². The van der Waals surface area contributed by atoms with Crippen LogP contribution in [0.15, 0.2) is 12.1 Å². The Labute approximate surface area is 129 Å². The molecule has 1 atom stereocenters. The van der Waals surface area contributed by atoms with E-state index in [1.165, 1.54) is 12.8 Å². The lowest BCUT2D eigenvalue weighted by Gasteiger charge is -2.23. The van der Waals surface area contributed by atoms with E-state index in [0.29, 0.717) is 11.5 Å². The highest BCUT2D eigenvalue weighted by molar-refractivity contribution is 6.05. The van der Waals surface area contributed by atoms with Crippen LogP contribution < -0.4 is 9.47 Å². The Morgan fingerprint density at radius 1 is 1.14 bits per heavy atom. The highest BCUT2D eigenvalue weighted by Crippen LogP contribution is 2.45. The van der Waals surface area contributed by atoms with Gasteiger partial charge in [0.1, 0.15) is 5.69 Å². The van der Waals surface area contributed by atoms with Gasteiger partial charge in [-0.3, -0.25) is 4.79 Å². The van der Waals surface area contributed by atoms with Gasteiger partial charge in [-0.2, -0.15) is 0 Å². The molecule has 22 heavy (non-hydrogen) atoms. The number of hydrogen-bond acceptors (Lipinski definition) is 3. The van der Waals surface area contributed by atoms with Gasteiger partial charge in [-0.1, -0.05) is 12.8 Å². The Morgan fingerprint density at radius 3 is 2.68 bits per heavy atom. The van der Waals surface area contributed by atoms with Crippen LogP contribution in [-0.2, 0) is 0 Å². The largest absolute Gasteiger partial charge is 0.493 e. The smallest absolute Gasteiger partial charge is 0.271 e. The monoisotopic (exact) mass is 300 g/mol. The van der Waals surface area contributed by atoms with Crippen molar-refractivity contribution in [2.24, 2.45) is 0 Å². The van der Waals surface area contributed by atoms with Crippen LogP contribution in [0.25, 0.3) is 10.9 Å². The topological polar surface area (TPSA) is 54.6 Å². The molecule has 4 rings (SSSR count). The summed E-state index contributed by atoms with van der Waals surface area (Å²) in [5.74, 6) is 1.52. The van der Waals surface area contributed by atoms with Gasteiger partial charge in [0.15, 0.2) is 11.5 Å². The third kappa shape index (κ3) is 1.74. The number of hydrogen-bond donors (Lipinski definition) is 1. The molecule has 1 fully saturated rings. The van der Waals surface area contributed by atoms with Gasteiger partial charge in [0.2, 0.25) is 0 Å². The van der Waals surface area contributed by atoms with Crippen LogP contribution in [0.4, 0.5) is 0 Å². The van der Waals surface area contributed by atoms with E-state index in [1.807, 2.05) is 17.0 Å². The van der Waals surface area contributed by atoms with Crippen molar-refractivity contribution in [3.63, 3.8) is 0 Å². The lowest BCUT2D eigenvalue weighted by Crippen LogP contribution is -2.28. The average molecular weight is 300 g/mol. The molecule has 116 valence electrons. The minimum atomic E-state index is 0.135. The molecule has 1 aromatic heterocycles. The summed E-state index contributed by atoms with van der Waals surface area (Å²) in [5.41, 5.74) is 2.83. The van der Waals surface area contributed by atoms with Gasteiger partial charge in [0, 0.05) is 23.6 Å². The molecule has 0 bridgehead atoms. The maximum Gasteiger partial charge on any atom is 0.271 e. The number of benzene rings is 1. The zero-order chi connectivity index (χ0) is 15.3. The number of nitrogens with zero attached hydrogens (tertiary/aromatic N) is 1. The van der Waals surface area contributed by atoms with Crippen LogP contribution >= 0.6 is 0 Å². The molecular formula is C17H20N2O3. The number of fused-ring (bicyclic) bond motifs is 5. The van der Waals surface area contributed by atoms with Crippen LogP contribution in [0.1, 0.15) is 47.8 Å². The fourth-order valence-corrected chi connectivity index (χ4v) is 3.85. The molecule has 2 aliphatic rings. The van der Waals surface area contributed by atoms with E-state index in [2.05, 4.69) is 4.98 Å². The Morgan fingerprint density at radius 2 is 1.91 bits per heavy atom. The number of rotatable bonds is 2. The summed E-state index contributed by atoms with van der Waals surface area (Å²) < 4.78 is 10.8. The van der Waals surface area contributed by atoms with E-state index in [0.717, 1.165) is 41.5 Å². The summed E-state index contributed by atoms with van der Waals surface area (Å²) in [7, 11) is 3.26. The molecule has 5 heteroatoms. The summed E-state index contributed by atoms with van der Waals surface area (Å²) in [5, 5.41) is 1.08. The quantitative estimate of drug-likeness (QED) is 0.926. The third-order valence-electron chi connectivity index (χ3n) is 4.90. The maximum atomic E-state index is 12.7. The molecule has 0 saturated carbocycles. The lowest BCUT2D eigenvalue weighted by molar-refractivity contribution is 0.0727. The molecule has 5 nitrogen and oxygen atoms in total. The van der Waals surface area contributed by atoms with Crippen molar-refractivity contribution >= 4 is 16.8 Å². The zero-order valence-electron chi connectivity index (χ0n) is 12.9. The molecule has 1 aromatic carbocycles. The van der Waals surface area contributed by atoms with E-state index < -0.39 is 0 Å². The number of ether oxygens (including phenoxy) is 2. The Bertz CT molecular complexity index is 750. The summed E-state index contributed by atoms with van der Waals surface area (Å²) in [4.78, 5) is 18.0. The van der Waals surface area contributed by atoms with E-state index >= 15 is 0 Å². The number of amides is 1. The molecule has 1 saturated heterocycles.